The van der Waals surface area contributed by atoms with E-state index in [0.717, 1.165) is 10.7 Å². The molecule has 0 unspecified atom stereocenters. The van der Waals surface area contributed by atoms with Gasteiger partial charge in [-0.05, 0) is 18.4 Å². The number of benzene rings is 1. The number of imidazole rings is 1. The van der Waals surface area contributed by atoms with Crippen molar-refractivity contribution in [3.63, 3.8) is 0 Å². The minimum absolute atomic E-state index is 0.274. The molecule has 0 saturated heterocycles. The molecule has 0 aliphatic carbocycles. The van der Waals surface area contributed by atoms with Crippen LogP contribution in [0.15, 0.2) is 23.4 Å². The molecule has 0 saturated carbocycles. The fourth-order valence-electron chi connectivity index (χ4n) is 1.07. The monoisotopic (exact) mass is 182 g/mol. The molecule has 0 bridgehead atoms. The predicted octanol–water partition coefficient (Wildman–Crippen LogP) is 2.42. The quantitative estimate of drug-likeness (QED) is 0.686. The van der Waals surface area contributed by atoms with Gasteiger partial charge in [0.15, 0.2) is 11.0 Å². The first-order chi connectivity index (χ1) is 5.81. The first-order valence-electron chi connectivity index (χ1n) is 3.49. The molecule has 62 valence electrons. The SMILES string of the molecule is CSc1nc2c(F)cccc2[nH]1. The first-order valence-corrected chi connectivity index (χ1v) is 4.72. The Balaban J connectivity index is 2.74. The van der Waals surface area contributed by atoms with Gasteiger partial charge >= 0.3 is 0 Å². The van der Waals surface area contributed by atoms with Crippen molar-refractivity contribution in [2.45, 2.75) is 5.16 Å². The second-order valence-electron chi connectivity index (χ2n) is 2.38. The van der Waals surface area contributed by atoms with Gasteiger partial charge < -0.3 is 4.98 Å². The largest absolute Gasteiger partial charge is 0.333 e. The maximum atomic E-state index is 13.0. The zero-order valence-electron chi connectivity index (χ0n) is 6.47. The summed E-state index contributed by atoms with van der Waals surface area (Å²) in [6, 6.07) is 4.89. The molecule has 2 aromatic rings. The van der Waals surface area contributed by atoms with Crippen LogP contribution in [0.1, 0.15) is 0 Å². The Morgan fingerprint density at radius 2 is 2.33 bits per heavy atom. The average molecular weight is 182 g/mol. The van der Waals surface area contributed by atoms with E-state index in [1.807, 2.05) is 12.3 Å². The lowest BCUT2D eigenvalue weighted by Crippen LogP contribution is -1.75. The van der Waals surface area contributed by atoms with Crippen LogP contribution in [0.2, 0.25) is 0 Å². The van der Waals surface area contributed by atoms with Crippen LogP contribution in [-0.2, 0) is 0 Å². The van der Waals surface area contributed by atoms with Crippen LogP contribution in [0.5, 0.6) is 0 Å². The zero-order chi connectivity index (χ0) is 8.55. The van der Waals surface area contributed by atoms with Crippen molar-refractivity contribution in [1.82, 2.24) is 9.97 Å². The molecule has 4 heteroatoms. The van der Waals surface area contributed by atoms with Crippen LogP contribution in [0, 0.1) is 5.82 Å². The van der Waals surface area contributed by atoms with Gasteiger partial charge in [-0.1, -0.05) is 17.8 Å². The molecule has 1 aromatic carbocycles. The fourth-order valence-corrected chi connectivity index (χ4v) is 1.47. The van der Waals surface area contributed by atoms with Gasteiger partial charge in [-0.3, -0.25) is 0 Å². The average Bonchev–Trinajstić information content (AvgIpc) is 2.49. The number of thioether (sulfide) groups is 1. The first kappa shape index (κ1) is 7.61. The minimum Gasteiger partial charge on any atom is -0.333 e. The standard InChI is InChI=1S/C8H7FN2S/c1-12-8-10-6-4-2-3-5(9)7(6)11-8/h2-4H,1H3,(H,10,11). The Kier molecular flexibility index (Phi) is 1.77. The summed E-state index contributed by atoms with van der Waals surface area (Å²) in [5.41, 5.74) is 1.17. The van der Waals surface area contributed by atoms with E-state index in [4.69, 9.17) is 0 Å². The molecule has 2 nitrogen and oxygen atoms in total. The van der Waals surface area contributed by atoms with Crippen LogP contribution in [0.25, 0.3) is 11.0 Å². The van der Waals surface area contributed by atoms with Gasteiger partial charge in [-0.25, -0.2) is 9.37 Å². The summed E-state index contributed by atoms with van der Waals surface area (Å²) >= 11 is 1.47. The van der Waals surface area contributed by atoms with Crippen molar-refractivity contribution in [1.29, 1.82) is 0 Å². The summed E-state index contributed by atoms with van der Waals surface area (Å²) in [6.07, 6.45) is 1.90. The molecule has 0 fully saturated rings. The maximum absolute atomic E-state index is 13.0. The van der Waals surface area contributed by atoms with Gasteiger partial charge in [0.1, 0.15) is 5.52 Å². The summed E-state index contributed by atoms with van der Waals surface area (Å²) in [4.78, 5) is 7.06. The Bertz CT molecular complexity index is 410. The van der Waals surface area contributed by atoms with E-state index in [9.17, 15) is 4.39 Å². The Labute approximate surface area is 73.2 Å². The minimum atomic E-state index is -0.274. The molecule has 0 radical (unpaired) electrons. The fraction of sp³-hybridized carbons (Fsp3) is 0.125. The van der Waals surface area contributed by atoms with E-state index in [1.165, 1.54) is 17.8 Å². The van der Waals surface area contributed by atoms with Crippen molar-refractivity contribution in [3.8, 4) is 0 Å². The van der Waals surface area contributed by atoms with E-state index in [2.05, 4.69) is 9.97 Å². The molecule has 1 heterocycles. The number of halogens is 1. The number of rotatable bonds is 1. The molecule has 1 N–H and O–H groups in total. The number of para-hydroxylation sites is 1. The van der Waals surface area contributed by atoms with Crippen LogP contribution in [0.4, 0.5) is 4.39 Å². The molecule has 1 aromatic heterocycles. The van der Waals surface area contributed by atoms with E-state index >= 15 is 0 Å². The van der Waals surface area contributed by atoms with E-state index < -0.39 is 0 Å². The van der Waals surface area contributed by atoms with Crippen molar-refractivity contribution >= 4 is 22.8 Å². The molecular formula is C8H7FN2S. The van der Waals surface area contributed by atoms with Crippen molar-refractivity contribution in [3.05, 3.63) is 24.0 Å². The molecule has 2 rings (SSSR count). The topological polar surface area (TPSA) is 28.7 Å². The maximum Gasteiger partial charge on any atom is 0.166 e. The molecule has 12 heavy (non-hydrogen) atoms. The highest BCUT2D eigenvalue weighted by atomic mass is 32.2. The van der Waals surface area contributed by atoms with Gasteiger partial charge in [0.05, 0.1) is 5.52 Å². The van der Waals surface area contributed by atoms with Gasteiger partial charge in [-0.2, -0.15) is 0 Å². The normalized spacial score (nSPS) is 10.8. The van der Waals surface area contributed by atoms with Gasteiger partial charge in [-0.15, -0.1) is 0 Å². The zero-order valence-corrected chi connectivity index (χ0v) is 7.28. The highest BCUT2D eigenvalue weighted by molar-refractivity contribution is 7.98. The number of aromatic amines is 1. The van der Waals surface area contributed by atoms with Crippen molar-refractivity contribution in [2.24, 2.45) is 0 Å². The third kappa shape index (κ3) is 1.08. The third-order valence-electron chi connectivity index (χ3n) is 1.64. The lowest BCUT2D eigenvalue weighted by molar-refractivity contribution is 0.637. The van der Waals surface area contributed by atoms with Gasteiger partial charge in [0.2, 0.25) is 0 Å². The molecule has 0 amide bonds. The molecule has 0 aliphatic heterocycles. The summed E-state index contributed by atoms with van der Waals surface area (Å²) in [6.45, 7) is 0. The van der Waals surface area contributed by atoms with Crippen LogP contribution in [-0.4, -0.2) is 16.2 Å². The van der Waals surface area contributed by atoms with Gasteiger partial charge in [0.25, 0.3) is 0 Å². The Morgan fingerprint density at radius 3 is 3.00 bits per heavy atom. The molecule has 0 aliphatic rings. The van der Waals surface area contributed by atoms with Crippen LogP contribution in [0.3, 0.4) is 0 Å². The van der Waals surface area contributed by atoms with Gasteiger partial charge in [0, 0.05) is 0 Å². The number of hydrogen-bond donors (Lipinski definition) is 1. The Hall–Kier alpha value is -1.03. The summed E-state index contributed by atoms with van der Waals surface area (Å²) in [7, 11) is 0. The third-order valence-corrected chi connectivity index (χ3v) is 2.22. The number of fused-ring (bicyclic) bond motifs is 1. The number of nitrogens with zero attached hydrogens (tertiary/aromatic N) is 1. The number of aromatic nitrogens is 2. The number of hydrogen-bond acceptors (Lipinski definition) is 2. The molecule has 0 atom stereocenters. The van der Waals surface area contributed by atoms with Crippen molar-refractivity contribution in [2.75, 3.05) is 6.26 Å². The highest BCUT2D eigenvalue weighted by Crippen LogP contribution is 2.19. The van der Waals surface area contributed by atoms with E-state index in [1.54, 1.807) is 6.07 Å². The second kappa shape index (κ2) is 2.79. The predicted molar refractivity (Wildman–Crippen MR) is 47.8 cm³/mol. The van der Waals surface area contributed by atoms with Crippen LogP contribution >= 0.6 is 11.8 Å². The van der Waals surface area contributed by atoms with Crippen LogP contribution < -0.4 is 0 Å². The smallest absolute Gasteiger partial charge is 0.166 e. The molecule has 0 spiro atoms. The summed E-state index contributed by atoms with van der Waals surface area (Å²) < 4.78 is 13.0. The summed E-state index contributed by atoms with van der Waals surface area (Å²) in [5, 5.41) is 0.745. The van der Waals surface area contributed by atoms with E-state index in [0.29, 0.717) is 5.52 Å². The number of nitrogens with one attached hydrogen (secondary N) is 1. The molecular weight excluding hydrogens is 175 g/mol. The lowest BCUT2D eigenvalue weighted by atomic mass is 10.3. The summed E-state index contributed by atoms with van der Waals surface area (Å²) in [5.74, 6) is -0.274. The second-order valence-corrected chi connectivity index (χ2v) is 3.18. The Morgan fingerprint density at radius 1 is 1.50 bits per heavy atom. The highest BCUT2D eigenvalue weighted by Gasteiger charge is 2.04. The van der Waals surface area contributed by atoms with E-state index in [-0.39, 0.29) is 5.82 Å². The lowest BCUT2D eigenvalue weighted by Gasteiger charge is -1.86. The number of H-pyrrole nitrogens is 1. The van der Waals surface area contributed by atoms with Crippen molar-refractivity contribution < 1.29 is 4.39 Å².